The Kier molecular flexibility index (Phi) is 1.77. The Labute approximate surface area is 80.8 Å². The number of rotatable bonds is 1. The molecule has 1 amide bonds. The molecule has 1 N–H and O–H groups in total. The third-order valence-electron chi connectivity index (χ3n) is 2.43. The van der Waals surface area contributed by atoms with Crippen molar-refractivity contribution in [2.24, 2.45) is 0 Å². The molecule has 4 heteroatoms. The monoisotopic (exact) mass is 191 g/mol. The van der Waals surface area contributed by atoms with E-state index in [4.69, 9.17) is 5.11 Å². The summed E-state index contributed by atoms with van der Waals surface area (Å²) in [5.74, 6) is -1.22. The number of benzene rings is 1. The maximum Gasteiger partial charge on any atom is 0.331 e. The highest BCUT2D eigenvalue weighted by Crippen LogP contribution is 2.31. The summed E-state index contributed by atoms with van der Waals surface area (Å²) in [6.07, 6.45) is 0. The average Bonchev–Trinajstić information content (AvgIpc) is 2.41. The van der Waals surface area contributed by atoms with Crippen molar-refractivity contribution < 1.29 is 14.7 Å². The van der Waals surface area contributed by atoms with Gasteiger partial charge in [-0.25, -0.2) is 4.79 Å². The molecule has 1 aromatic carbocycles. The number of amides is 1. The molecule has 0 spiro atoms. The van der Waals surface area contributed by atoms with Gasteiger partial charge < -0.3 is 10.0 Å². The lowest BCUT2D eigenvalue weighted by Crippen LogP contribution is -2.28. The molecule has 1 aromatic rings. The Bertz CT molecular complexity index is 414. The first-order chi connectivity index (χ1) is 6.63. The quantitative estimate of drug-likeness (QED) is 0.717. The summed E-state index contributed by atoms with van der Waals surface area (Å²) < 4.78 is 0. The first kappa shape index (κ1) is 8.74. The summed E-state index contributed by atoms with van der Waals surface area (Å²) in [6, 6.07) is 5.96. The van der Waals surface area contributed by atoms with Crippen molar-refractivity contribution in [2.45, 2.75) is 6.04 Å². The summed E-state index contributed by atoms with van der Waals surface area (Å²) in [5.41, 5.74) is 1.06. The van der Waals surface area contributed by atoms with Crippen LogP contribution >= 0.6 is 0 Å². The average molecular weight is 191 g/mol. The van der Waals surface area contributed by atoms with Gasteiger partial charge in [-0.05, 0) is 11.6 Å². The number of carboxylic acid groups (broad SMARTS) is 1. The molecule has 2 rings (SSSR count). The van der Waals surface area contributed by atoms with Gasteiger partial charge >= 0.3 is 5.97 Å². The fourth-order valence-corrected chi connectivity index (χ4v) is 1.74. The largest absolute Gasteiger partial charge is 0.479 e. The number of carbonyl (C=O) groups excluding carboxylic acids is 1. The highest BCUT2D eigenvalue weighted by Gasteiger charge is 2.38. The molecule has 0 fully saturated rings. The van der Waals surface area contributed by atoms with E-state index in [0.717, 1.165) is 0 Å². The lowest BCUT2D eigenvalue weighted by atomic mass is 10.1. The number of fused-ring (bicyclic) bond motifs is 1. The summed E-state index contributed by atoms with van der Waals surface area (Å²) in [7, 11) is 1.50. The van der Waals surface area contributed by atoms with Crippen molar-refractivity contribution in [1.29, 1.82) is 0 Å². The van der Waals surface area contributed by atoms with E-state index in [1.807, 2.05) is 0 Å². The minimum atomic E-state index is -0.995. The van der Waals surface area contributed by atoms with E-state index < -0.39 is 12.0 Å². The second-order valence-corrected chi connectivity index (χ2v) is 3.24. The van der Waals surface area contributed by atoms with E-state index in [0.29, 0.717) is 11.1 Å². The molecule has 4 nitrogen and oxygen atoms in total. The first-order valence-corrected chi connectivity index (χ1v) is 4.22. The van der Waals surface area contributed by atoms with Gasteiger partial charge in [0, 0.05) is 12.6 Å². The molecule has 0 saturated heterocycles. The van der Waals surface area contributed by atoms with Crippen LogP contribution in [0.25, 0.3) is 0 Å². The van der Waals surface area contributed by atoms with Gasteiger partial charge in [0.1, 0.15) is 0 Å². The minimum Gasteiger partial charge on any atom is -0.479 e. The van der Waals surface area contributed by atoms with Crippen LogP contribution in [0, 0.1) is 0 Å². The lowest BCUT2D eigenvalue weighted by Gasteiger charge is -2.15. The van der Waals surface area contributed by atoms with Gasteiger partial charge in [-0.3, -0.25) is 4.79 Å². The molecule has 0 aliphatic carbocycles. The van der Waals surface area contributed by atoms with Crippen LogP contribution in [0.5, 0.6) is 0 Å². The number of aliphatic carboxylic acids is 1. The summed E-state index contributed by atoms with van der Waals surface area (Å²) in [6.45, 7) is 0. The fourth-order valence-electron chi connectivity index (χ4n) is 1.74. The van der Waals surface area contributed by atoms with Crippen molar-refractivity contribution >= 4 is 11.9 Å². The molecule has 1 heterocycles. The van der Waals surface area contributed by atoms with Gasteiger partial charge in [-0.1, -0.05) is 18.2 Å². The zero-order valence-electron chi connectivity index (χ0n) is 7.60. The number of hydrogen-bond acceptors (Lipinski definition) is 2. The lowest BCUT2D eigenvalue weighted by molar-refractivity contribution is -0.141. The van der Waals surface area contributed by atoms with Gasteiger partial charge in [0.2, 0.25) is 0 Å². The molecule has 0 aromatic heterocycles. The topological polar surface area (TPSA) is 57.6 Å². The van der Waals surface area contributed by atoms with E-state index in [-0.39, 0.29) is 5.91 Å². The Morgan fingerprint density at radius 3 is 2.71 bits per heavy atom. The Balaban J connectivity index is 2.59. The van der Waals surface area contributed by atoms with Crippen LogP contribution < -0.4 is 0 Å². The third kappa shape index (κ3) is 1.00. The molecular formula is C10H9NO3. The second kappa shape index (κ2) is 2.83. The van der Waals surface area contributed by atoms with Crippen molar-refractivity contribution in [1.82, 2.24) is 4.90 Å². The van der Waals surface area contributed by atoms with Crippen LogP contribution in [-0.4, -0.2) is 28.9 Å². The van der Waals surface area contributed by atoms with Crippen molar-refractivity contribution in [3.63, 3.8) is 0 Å². The van der Waals surface area contributed by atoms with E-state index in [9.17, 15) is 9.59 Å². The van der Waals surface area contributed by atoms with Crippen LogP contribution in [0.4, 0.5) is 0 Å². The molecule has 14 heavy (non-hydrogen) atoms. The smallest absolute Gasteiger partial charge is 0.331 e. The van der Waals surface area contributed by atoms with Gasteiger partial charge in [0.15, 0.2) is 6.04 Å². The molecule has 1 aliphatic heterocycles. The summed E-state index contributed by atoms with van der Waals surface area (Å²) >= 11 is 0. The number of nitrogens with zero attached hydrogens (tertiary/aromatic N) is 1. The maximum absolute atomic E-state index is 11.6. The predicted octanol–water partition coefficient (Wildman–Crippen LogP) is 0.898. The first-order valence-electron chi connectivity index (χ1n) is 4.22. The molecule has 0 saturated carbocycles. The summed E-state index contributed by atoms with van der Waals surface area (Å²) in [5, 5.41) is 8.95. The molecule has 1 aliphatic rings. The fraction of sp³-hybridized carbons (Fsp3) is 0.200. The SMILES string of the molecule is CN1C(=O)c2ccccc2C1C(=O)O. The van der Waals surface area contributed by atoms with Crippen molar-refractivity contribution in [3.05, 3.63) is 35.4 Å². The van der Waals surface area contributed by atoms with Crippen molar-refractivity contribution in [3.8, 4) is 0 Å². The highest BCUT2D eigenvalue weighted by molar-refractivity contribution is 6.03. The number of carboxylic acids is 1. The van der Waals surface area contributed by atoms with Gasteiger partial charge in [-0.15, -0.1) is 0 Å². The van der Waals surface area contributed by atoms with Crippen LogP contribution in [-0.2, 0) is 4.79 Å². The predicted molar refractivity (Wildman–Crippen MR) is 48.9 cm³/mol. The number of hydrogen-bond donors (Lipinski definition) is 1. The van der Waals surface area contributed by atoms with Crippen LogP contribution in [0.1, 0.15) is 22.0 Å². The molecule has 72 valence electrons. The molecule has 1 atom stereocenters. The zero-order chi connectivity index (χ0) is 10.3. The zero-order valence-corrected chi connectivity index (χ0v) is 7.60. The Morgan fingerprint density at radius 2 is 2.07 bits per heavy atom. The van der Waals surface area contributed by atoms with Gasteiger partial charge in [-0.2, -0.15) is 0 Å². The number of carbonyl (C=O) groups is 2. The molecular weight excluding hydrogens is 182 g/mol. The van der Waals surface area contributed by atoms with E-state index in [1.165, 1.54) is 11.9 Å². The maximum atomic E-state index is 11.6. The molecule has 0 bridgehead atoms. The molecule has 1 unspecified atom stereocenters. The van der Waals surface area contributed by atoms with Crippen LogP contribution in [0.15, 0.2) is 24.3 Å². The Hall–Kier alpha value is -1.84. The Morgan fingerprint density at radius 1 is 1.43 bits per heavy atom. The minimum absolute atomic E-state index is 0.229. The van der Waals surface area contributed by atoms with Crippen LogP contribution in [0.3, 0.4) is 0 Å². The third-order valence-corrected chi connectivity index (χ3v) is 2.43. The van der Waals surface area contributed by atoms with Crippen molar-refractivity contribution in [2.75, 3.05) is 7.05 Å². The standard InChI is InChI=1S/C10H9NO3/c1-11-8(10(13)14)6-4-2-3-5-7(6)9(11)12/h2-5,8H,1H3,(H,13,14). The van der Waals surface area contributed by atoms with Gasteiger partial charge in [0.05, 0.1) is 0 Å². The highest BCUT2D eigenvalue weighted by atomic mass is 16.4. The molecule has 0 radical (unpaired) electrons. The summed E-state index contributed by atoms with van der Waals surface area (Å²) in [4.78, 5) is 23.7. The van der Waals surface area contributed by atoms with E-state index >= 15 is 0 Å². The van der Waals surface area contributed by atoms with E-state index in [1.54, 1.807) is 24.3 Å². The number of likely N-dealkylation sites (N-methyl/N-ethyl adjacent to an activating group) is 1. The van der Waals surface area contributed by atoms with E-state index in [2.05, 4.69) is 0 Å². The van der Waals surface area contributed by atoms with Gasteiger partial charge in [0.25, 0.3) is 5.91 Å². The normalized spacial score (nSPS) is 19.6. The van der Waals surface area contributed by atoms with Crippen LogP contribution in [0.2, 0.25) is 0 Å². The second-order valence-electron chi connectivity index (χ2n) is 3.24.